The van der Waals surface area contributed by atoms with Crippen molar-refractivity contribution < 1.29 is 19.1 Å². The lowest BCUT2D eigenvalue weighted by atomic mass is 9.87. The summed E-state index contributed by atoms with van der Waals surface area (Å²) in [6.07, 6.45) is 2.90. The Hall–Kier alpha value is -2.90. The number of aryl methyl sites for hydroxylation is 1. The minimum Gasteiger partial charge on any atom is -0.481 e. The van der Waals surface area contributed by atoms with Gasteiger partial charge in [0.25, 0.3) is 5.91 Å². The van der Waals surface area contributed by atoms with Gasteiger partial charge in [0.15, 0.2) is 6.10 Å². The van der Waals surface area contributed by atoms with Gasteiger partial charge >= 0.3 is 0 Å². The van der Waals surface area contributed by atoms with Gasteiger partial charge in [-0.25, -0.2) is 0 Å². The second-order valence-corrected chi connectivity index (χ2v) is 10.9. The van der Waals surface area contributed by atoms with Crippen LogP contribution >= 0.6 is 0 Å². The largest absolute Gasteiger partial charge is 0.481 e. The van der Waals surface area contributed by atoms with E-state index >= 15 is 0 Å². The number of fused-ring (bicyclic) bond motifs is 1. The third-order valence-corrected chi connectivity index (χ3v) is 8.13. The van der Waals surface area contributed by atoms with Crippen molar-refractivity contribution in [3.63, 3.8) is 0 Å². The highest BCUT2D eigenvalue weighted by Gasteiger charge is 2.40. The van der Waals surface area contributed by atoms with Crippen LogP contribution < -0.4 is 4.74 Å². The lowest BCUT2D eigenvalue weighted by Gasteiger charge is -2.38. The third-order valence-electron chi connectivity index (χ3n) is 8.13. The Balaban J connectivity index is 1.35. The summed E-state index contributed by atoms with van der Waals surface area (Å²) in [5, 5.41) is 0. The van der Waals surface area contributed by atoms with Gasteiger partial charge in [0.1, 0.15) is 5.75 Å². The molecule has 3 aliphatic rings. The summed E-state index contributed by atoms with van der Waals surface area (Å²) in [5.41, 5.74) is 4.67. The molecule has 204 valence electrons. The molecule has 1 saturated heterocycles. The quantitative estimate of drug-likeness (QED) is 0.504. The zero-order valence-corrected chi connectivity index (χ0v) is 23.0. The number of carbonyl (C=O) groups excluding carboxylic acids is 2. The molecule has 2 aliphatic heterocycles. The predicted molar refractivity (Wildman–Crippen MR) is 147 cm³/mol. The first-order valence-corrected chi connectivity index (χ1v) is 14.1. The molecule has 2 aromatic carbocycles. The van der Waals surface area contributed by atoms with E-state index in [2.05, 4.69) is 53.1 Å². The third kappa shape index (κ3) is 5.89. The van der Waals surface area contributed by atoms with Gasteiger partial charge < -0.3 is 19.3 Å². The van der Waals surface area contributed by atoms with Crippen molar-refractivity contribution in [2.75, 3.05) is 53.0 Å². The molecule has 2 heterocycles. The summed E-state index contributed by atoms with van der Waals surface area (Å²) in [6.45, 7) is 9.55. The molecule has 1 saturated carbocycles. The van der Waals surface area contributed by atoms with Crippen molar-refractivity contribution in [2.24, 2.45) is 5.92 Å². The number of hydrogen-bond donors (Lipinski definition) is 0. The van der Waals surface area contributed by atoms with Crippen LogP contribution in [-0.4, -0.2) is 85.6 Å². The predicted octanol–water partition coefficient (Wildman–Crippen LogP) is 3.83. The minimum atomic E-state index is -0.524. The van der Waals surface area contributed by atoms with E-state index in [9.17, 15) is 9.59 Å². The molecular weight excluding hydrogens is 478 g/mol. The van der Waals surface area contributed by atoms with E-state index < -0.39 is 6.10 Å². The van der Waals surface area contributed by atoms with Crippen molar-refractivity contribution in [1.29, 1.82) is 0 Å². The molecule has 2 aromatic rings. The highest BCUT2D eigenvalue weighted by molar-refractivity contribution is 5.83. The summed E-state index contributed by atoms with van der Waals surface area (Å²) in [5.74, 6) is 1.18. The molecule has 0 N–H and O–H groups in total. The fourth-order valence-corrected chi connectivity index (χ4v) is 5.76. The van der Waals surface area contributed by atoms with Gasteiger partial charge in [-0.2, -0.15) is 0 Å². The Kier molecular flexibility index (Phi) is 8.34. The maximum absolute atomic E-state index is 13.4. The van der Waals surface area contributed by atoms with Crippen LogP contribution in [0.25, 0.3) is 0 Å². The van der Waals surface area contributed by atoms with Crippen molar-refractivity contribution >= 4 is 11.8 Å². The highest BCUT2D eigenvalue weighted by atomic mass is 16.5. The van der Waals surface area contributed by atoms with Crippen molar-refractivity contribution in [1.82, 2.24) is 14.7 Å². The SMILES string of the molecule is CCC(Oc1ccc2c(c1)C(c1cccc(C)c1)N(C(=O)C1CC1)CC2)C(=O)N1CCN(CCOC)CC1. The molecule has 0 aromatic heterocycles. The van der Waals surface area contributed by atoms with Crippen LogP contribution in [0.5, 0.6) is 5.75 Å². The van der Waals surface area contributed by atoms with Gasteiger partial charge in [-0.1, -0.05) is 42.8 Å². The molecule has 0 radical (unpaired) electrons. The van der Waals surface area contributed by atoms with Crippen LogP contribution in [0.2, 0.25) is 0 Å². The molecule has 2 amide bonds. The molecule has 1 aliphatic carbocycles. The Morgan fingerprint density at radius 3 is 2.50 bits per heavy atom. The lowest BCUT2D eigenvalue weighted by Crippen LogP contribution is -2.52. The number of benzene rings is 2. The lowest BCUT2D eigenvalue weighted by molar-refractivity contribution is -0.140. The fraction of sp³-hybridized carbons (Fsp3) is 0.548. The second kappa shape index (κ2) is 11.9. The van der Waals surface area contributed by atoms with E-state index in [1.54, 1.807) is 7.11 Å². The van der Waals surface area contributed by atoms with Gasteiger partial charge in [0.2, 0.25) is 5.91 Å². The van der Waals surface area contributed by atoms with Gasteiger partial charge in [0.05, 0.1) is 12.6 Å². The van der Waals surface area contributed by atoms with E-state index in [1.807, 2.05) is 17.9 Å². The normalized spacial score (nSPS) is 20.7. The van der Waals surface area contributed by atoms with Crippen LogP contribution in [0.4, 0.5) is 0 Å². The Labute approximate surface area is 226 Å². The first-order chi connectivity index (χ1) is 18.5. The first-order valence-electron chi connectivity index (χ1n) is 14.1. The van der Waals surface area contributed by atoms with Crippen LogP contribution in [0.1, 0.15) is 54.5 Å². The summed E-state index contributed by atoms with van der Waals surface area (Å²) in [7, 11) is 1.72. The molecule has 2 fully saturated rings. The average molecular weight is 520 g/mol. The van der Waals surface area contributed by atoms with Crippen LogP contribution in [0.15, 0.2) is 42.5 Å². The molecular formula is C31H41N3O4. The molecule has 0 spiro atoms. The second-order valence-electron chi connectivity index (χ2n) is 10.9. The van der Waals surface area contributed by atoms with Crippen LogP contribution in [0, 0.1) is 12.8 Å². The Morgan fingerprint density at radius 2 is 1.82 bits per heavy atom. The zero-order valence-electron chi connectivity index (χ0n) is 23.0. The number of piperazine rings is 1. The number of ether oxygens (including phenoxy) is 2. The van der Waals surface area contributed by atoms with Crippen LogP contribution in [-0.2, 0) is 20.7 Å². The number of rotatable bonds is 9. The Morgan fingerprint density at radius 1 is 1.03 bits per heavy atom. The van der Waals surface area contributed by atoms with Crippen molar-refractivity contribution in [2.45, 2.75) is 51.7 Å². The van der Waals surface area contributed by atoms with E-state index in [0.29, 0.717) is 31.9 Å². The molecule has 5 rings (SSSR count). The number of amides is 2. The number of carbonyl (C=O) groups is 2. The maximum Gasteiger partial charge on any atom is 0.263 e. The average Bonchev–Trinajstić information content (AvgIpc) is 3.79. The first kappa shape index (κ1) is 26.7. The fourth-order valence-electron chi connectivity index (χ4n) is 5.76. The molecule has 2 unspecified atom stereocenters. The van der Waals surface area contributed by atoms with E-state index in [1.165, 1.54) is 11.1 Å². The number of nitrogens with zero attached hydrogens (tertiary/aromatic N) is 3. The summed E-state index contributed by atoms with van der Waals surface area (Å²) in [6, 6.07) is 14.5. The number of methoxy groups -OCH3 is 1. The highest BCUT2D eigenvalue weighted by Crippen LogP contribution is 2.41. The summed E-state index contributed by atoms with van der Waals surface area (Å²) >= 11 is 0. The Bertz CT molecular complexity index is 1140. The zero-order chi connectivity index (χ0) is 26.6. The van der Waals surface area contributed by atoms with Crippen molar-refractivity contribution in [3.05, 3.63) is 64.7 Å². The smallest absolute Gasteiger partial charge is 0.263 e. The molecule has 38 heavy (non-hydrogen) atoms. The van der Waals surface area contributed by atoms with E-state index in [4.69, 9.17) is 9.47 Å². The minimum absolute atomic E-state index is 0.0531. The van der Waals surface area contributed by atoms with Crippen LogP contribution in [0.3, 0.4) is 0 Å². The summed E-state index contributed by atoms with van der Waals surface area (Å²) < 4.78 is 11.6. The van der Waals surface area contributed by atoms with Gasteiger partial charge in [-0.15, -0.1) is 0 Å². The van der Waals surface area contributed by atoms with Crippen molar-refractivity contribution in [3.8, 4) is 5.75 Å². The molecule has 0 bridgehead atoms. The maximum atomic E-state index is 13.4. The standard InChI is InChI=1S/C31H41N3O4/c1-4-28(31(36)33-16-14-32(15-17-33)18-19-37-3)38-26-11-10-23-12-13-34(30(35)24-8-9-24)29(27(23)21-26)25-7-5-6-22(2)20-25/h5-7,10-11,20-21,24,28-29H,4,8-9,12-19H2,1-3H3. The number of hydrogen-bond acceptors (Lipinski definition) is 5. The van der Waals surface area contributed by atoms with E-state index in [-0.39, 0.29) is 23.8 Å². The van der Waals surface area contributed by atoms with E-state index in [0.717, 1.165) is 56.6 Å². The molecule has 7 heteroatoms. The van der Waals surface area contributed by atoms with Gasteiger partial charge in [-0.05, 0) is 61.4 Å². The summed E-state index contributed by atoms with van der Waals surface area (Å²) in [4.78, 5) is 33.1. The molecule has 2 atom stereocenters. The van der Waals surface area contributed by atoms with Gasteiger partial charge in [-0.3, -0.25) is 14.5 Å². The molecule has 7 nitrogen and oxygen atoms in total. The van der Waals surface area contributed by atoms with Gasteiger partial charge in [0, 0.05) is 52.3 Å². The monoisotopic (exact) mass is 519 g/mol. The topological polar surface area (TPSA) is 62.3 Å².